The van der Waals surface area contributed by atoms with Gasteiger partial charge in [0.25, 0.3) is 0 Å². The predicted molar refractivity (Wildman–Crippen MR) is 83.3 cm³/mol. The van der Waals surface area contributed by atoms with Crippen LogP contribution in [0.3, 0.4) is 0 Å². The molecule has 2 aromatic heterocycles. The number of aromatic nitrogens is 2. The van der Waals surface area contributed by atoms with Gasteiger partial charge in [-0.25, -0.2) is 4.68 Å². The molecule has 2 heterocycles. The molecule has 4 heteroatoms. The summed E-state index contributed by atoms with van der Waals surface area (Å²) in [6.45, 7) is 3.88. The van der Waals surface area contributed by atoms with E-state index in [4.69, 9.17) is 4.42 Å². The van der Waals surface area contributed by atoms with Crippen molar-refractivity contribution < 1.29 is 4.42 Å². The standard InChI is InChI=1S/C17H19N3O/c1-2-9-18-12-17-16(8-10-21-17)14-11-19-20(13-14)15-6-4-3-5-7-15/h3-8,10-11,13,18H,2,9,12H2,1H3. The fraction of sp³-hybridized carbons (Fsp3) is 0.235. The molecule has 0 unspecified atom stereocenters. The van der Waals surface area contributed by atoms with Crippen molar-refractivity contribution in [3.05, 3.63) is 60.8 Å². The minimum absolute atomic E-state index is 0.743. The lowest BCUT2D eigenvalue weighted by Crippen LogP contribution is -2.13. The Bertz CT molecular complexity index is 685. The summed E-state index contributed by atoms with van der Waals surface area (Å²) >= 11 is 0. The van der Waals surface area contributed by atoms with Crippen LogP contribution in [0.25, 0.3) is 16.8 Å². The highest BCUT2D eigenvalue weighted by Crippen LogP contribution is 2.25. The van der Waals surface area contributed by atoms with Crippen LogP contribution in [0.15, 0.2) is 59.5 Å². The van der Waals surface area contributed by atoms with Gasteiger partial charge >= 0.3 is 0 Å². The van der Waals surface area contributed by atoms with Gasteiger partial charge in [-0.2, -0.15) is 5.10 Å². The maximum absolute atomic E-state index is 5.58. The number of nitrogens with zero attached hydrogens (tertiary/aromatic N) is 2. The first-order valence-electron chi connectivity index (χ1n) is 7.26. The number of nitrogens with one attached hydrogen (secondary N) is 1. The fourth-order valence-corrected chi connectivity index (χ4v) is 2.30. The molecule has 0 aliphatic carbocycles. The zero-order chi connectivity index (χ0) is 14.5. The first-order valence-corrected chi connectivity index (χ1v) is 7.26. The van der Waals surface area contributed by atoms with E-state index in [1.807, 2.05) is 53.5 Å². The van der Waals surface area contributed by atoms with Gasteiger partial charge in [0.2, 0.25) is 0 Å². The van der Waals surface area contributed by atoms with Crippen LogP contribution in [-0.4, -0.2) is 16.3 Å². The third kappa shape index (κ3) is 3.06. The van der Waals surface area contributed by atoms with Gasteiger partial charge in [-0.1, -0.05) is 25.1 Å². The van der Waals surface area contributed by atoms with Crippen molar-refractivity contribution in [3.63, 3.8) is 0 Å². The minimum atomic E-state index is 0.743. The number of benzene rings is 1. The summed E-state index contributed by atoms with van der Waals surface area (Å²) in [7, 11) is 0. The molecule has 1 aromatic carbocycles. The Morgan fingerprint density at radius 3 is 2.86 bits per heavy atom. The van der Waals surface area contributed by atoms with Crippen molar-refractivity contribution in [1.29, 1.82) is 0 Å². The summed E-state index contributed by atoms with van der Waals surface area (Å²) in [4.78, 5) is 0. The van der Waals surface area contributed by atoms with Crippen LogP contribution in [0.1, 0.15) is 19.1 Å². The molecular formula is C17H19N3O. The summed E-state index contributed by atoms with van der Waals surface area (Å²) in [6, 6.07) is 12.1. The summed E-state index contributed by atoms with van der Waals surface area (Å²) in [6.07, 6.45) is 6.75. The number of hydrogen-bond donors (Lipinski definition) is 1. The Labute approximate surface area is 124 Å². The molecule has 0 amide bonds. The second-order valence-electron chi connectivity index (χ2n) is 4.94. The molecule has 0 radical (unpaired) electrons. The molecule has 0 saturated carbocycles. The molecule has 0 saturated heterocycles. The average molecular weight is 281 g/mol. The minimum Gasteiger partial charge on any atom is -0.467 e. The molecule has 3 rings (SSSR count). The quantitative estimate of drug-likeness (QED) is 0.702. The lowest BCUT2D eigenvalue weighted by Gasteiger charge is -2.02. The third-order valence-electron chi connectivity index (χ3n) is 3.37. The molecule has 0 spiro atoms. The lowest BCUT2D eigenvalue weighted by atomic mass is 10.1. The lowest BCUT2D eigenvalue weighted by molar-refractivity contribution is 0.484. The molecule has 0 atom stereocenters. The predicted octanol–water partition coefficient (Wildman–Crippen LogP) is 3.63. The normalized spacial score (nSPS) is 10.9. The van der Waals surface area contributed by atoms with E-state index in [2.05, 4.69) is 17.3 Å². The molecule has 0 aliphatic heterocycles. The molecule has 0 bridgehead atoms. The van der Waals surface area contributed by atoms with Gasteiger partial charge in [-0.15, -0.1) is 0 Å². The zero-order valence-electron chi connectivity index (χ0n) is 12.1. The maximum atomic E-state index is 5.58. The van der Waals surface area contributed by atoms with E-state index in [9.17, 15) is 0 Å². The van der Waals surface area contributed by atoms with Crippen LogP contribution in [0.2, 0.25) is 0 Å². The van der Waals surface area contributed by atoms with Crippen LogP contribution < -0.4 is 5.32 Å². The molecule has 0 fully saturated rings. The summed E-state index contributed by atoms with van der Waals surface area (Å²) in [5, 5.41) is 7.80. The van der Waals surface area contributed by atoms with Crippen molar-refractivity contribution in [3.8, 4) is 16.8 Å². The van der Waals surface area contributed by atoms with E-state index in [-0.39, 0.29) is 0 Å². The Morgan fingerprint density at radius 1 is 1.19 bits per heavy atom. The molecular weight excluding hydrogens is 262 g/mol. The Balaban J connectivity index is 1.82. The van der Waals surface area contributed by atoms with Gasteiger partial charge in [0, 0.05) is 17.3 Å². The van der Waals surface area contributed by atoms with E-state index in [1.165, 1.54) is 0 Å². The van der Waals surface area contributed by atoms with Crippen molar-refractivity contribution in [2.45, 2.75) is 19.9 Å². The summed E-state index contributed by atoms with van der Waals surface area (Å²) in [5.74, 6) is 0.955. The molecule has 0 aliphatic rings. The molecule has 4 nitrogen and oxygen atoms in total. The number of hydrogen-bond acceptors (Lipinski definition) is 3. The van der Waals surface area contributed by atoms with Gasteiger partial charge in [0.05, 0.1) is 24.7 Å². The van der Waals surface area contributed by atoms with Crippen molar-refractivity contribution in [1.82, 2.24) is 15.1 Å². The van der Waals surface area contributed by atoms with Crippen LogP contribution >= 0.6 is 0 Å². The van der Waals surface area contributed by atoms with Gasteiger partial charge in [-0.3, -0.25) is 0 Å². The maximum Gasteiger partial charge on any atom is 0.125 e. The van der Waals surface area contributed by atoms with E-state index in [1.54, 1.807) is 6.26 Å². The van der Waals surface area contributed by atoms with Gasteiger partial charge in [-0.05, 0) is 31.2 Å². The van der Waals surface area contributed by atoms with Crippen LogP contribution in [-0.2, 0) is 6.54 Å². The largest absolute Gasteiger partial charge is 0.467 e. The molecule has 21 heavy (non-hydrogen) atoms. The van der Waals surface area contributed by atoms with E-state index in [0.717, 1.165) is 42.1 Å². The van der Waals surface area contributed by atoms with Crippen LogP contribution in [0.5, 0.6) is 0 Å². The van der Waals surface area contributed by atoms with Gasteiger partial charge < -0.3 is 9.73 Å². The monoisotopic (exact) mass is 281 g/mol. The Hall–Kier alpha value is -2.33. The van der Waals surface area contributed by atoms with E-state index in [0.29, 0.717) is 0 Å². The van der Waals surface area contributed by atoms with Crippen LogP contribution in [0, 0.1) is 0 Å². The third-order valence-corrected chi connectivity index (χ3v) is 3.37. The van der Waals surface area contributed by atoms with Gasteiger partial charge in [0.1, 0.15) is 5.76 Å². The van der Waals surface area contributed by atoms with Crippen molar-refractivity contribution in [2.24, 2.45) is 0 Å². The molecule has 108 valence electrons. The first kappa shape index (κ1) is 13.6. The SMILES string of the molecule is CCCNCc1occc1-c1cnn(-c2ccccc2)c1. The number of furan rings is 1. The second-order valence-corrected chi connectivity index (χ2v) is 4.94. The highest BCUT2D eigenvalue weighted by molar-refractivity contribution is 5.64. The van der Waals surface area contributed by atoms with Crippen molar-refractivity contribution in [2.75, 3.05) is 6.54 Å². The van der Waals surface area contributed by atoms with Gasteiger partial charge in [0.15, 0.2) is 0 Å². The molecule has 1 N–H and O–H groups in total. The highest BCUT2D eigenvalue weighted by Gasteiger charge is 2.10. The Kier molecular flexibility index (Phi) is 4.17. The van der Waals surface area contributed by atoms with E-state index >= 15 is 0 Å². The summed E-state index contributed by atoms with van der Waals surface area (Å²) < 4.78 is 7.46. The van der Waals surface area contributed by atoms with E-state index < -0.39 is 0 Å². The molecule has 3 aromatic rings. The number of para-hydroxylation sites is 1. The number of rotatable bonds is 6. The topological polar surface area (TPSA) is 43.0 Å². The van der Waals surface area contributed by atoms with Crippen LogP contribution in [0.4, 0.5) is 0 Å². The zero-order valence-corrected chi connectivity index (χ0v) is 12.1. The van der Waals surface area contributed by atoms with Crippen molar-refractivity contribution >= 4 is 0 Å². The second kappa shape index (κ2) is 6.41. The average Bonchev–Trinajstić information content (AvgIpc) is 3.17. The smallest absolute Gasteiger partial charge is 0.125 e. The summed E-state index contributed by atoms with van der Waals surface area (Å²) in [5.41, 5.74) is 3.22. The Morgan fingerprint density at radius 2 is 2.05 bits per heavy atom. The highest BCUT2D eigenvalue weighted by atomic mass is 16.3. The first-order chi connectivity index (χ1) is 10.4. The fourth-order valence-electron chi connectivity index (χ4n) is 2.30.